The lowest BCUT2D eigenvalue weighted by Gasteiger charge is -2.25. The molecule has 0 radical (unpaired) electrons. The largest absolute Gasteiger partial charge is 0.456 e. The summed E-state index contributed by atoms with van der Waals surface area (Å²) in [6.45, 7) is 0. The Labute approximate surface area is 321 Å². The minimum Gasteiger partial charge on any atom is -0.456 e. The van der Waals surface area contributed by atoms with E-state index in [0.717, 1.165) is 94.6 Å². The molecule has 0 bridgehead atoms. The quantitative estimate of drug-likeness (QED) is 0.163. The predicted octanol–water partition coefficient (Wildman–Crippen LogP) is 14.0. The first kappa shape index (κ1) is 31.8. The van der Waals surface area contributed by atoms with Crippen LogP contribution in [0.3, 0.4) is 0 Å². The Morgan fingerprint density at radius 1 is 0.304 bits per heavy atom. The predicted molar refractivity (Wildman–Crippen MR) is 225 cm³/mol. The average Bonchev–Trinajstić information content (AvgIpc) is 4.00. The monoisotopic (exact) mass is 721 g/mol. The van der Waals surface area contributed by atoms with E-state index >= 15 is 0 Å². The van der Waals surface area contributed by atoms with Crippen molar-refractivity contribution >= 4 is 61.2 Å². The van der Waals surface area contributed by atoms with Crippen LogP contribution >= 0.6 is 0 Å². The van der Waals surface area contributed by atoms with Crippen LogP contribution in [0.4, 0.5) is 17.1 Å². The molecule has 0 atom stereocenters. The molecule has 11 rings (SSSR count). The van der Waals surface area contributed by atoms with Crippen LogP contribution in [0.1, 0.15) is 0 Å². The molecule has 3 heterocycles. The maximum atomic E-state index is 6.38. The summed E-state index contributed by atoms with van der Waals surface area (Å²) >= 11 is 0. The van der Waals surface area contributed by atoms with Crippen molar-refractivity contribution < 1.29 is 13.3 Å². The van der Waals surface area contributed by atoms with Gasteiger partial charge in [-0.1, -0.05) is 84.9 Å². The zero-order valence-corrected chi connectivity index (χ0v) is 30.0. The van der Waals surface area contributed by atoms with Crippen LogP contribution in [0.25, 0.3) is 89.3 Å². The van der Waals surface area contributed by atoms with E-state index in [4.69, 9.17) is 23.2 Å². The molecule has 264 valence electrons. The number of oxazole rings is 2. The van der Waals surface area contributed by atoms with E-state index < -0.39 is 0 Å². The SMILES string of the molecule is c1ccc(N(c2ccccc2)c2ccc(-c3ccc4oc5ccc(-c6cc(-c7nc8ccccc8o7)cc(-c7nc8ccccc8o7)c6)cc5c4c3)cc2)cc1. The van der Waals surface area contributed by atoms with Crippen molar-refractivity contribution in [2.45, 2.75) is 0 Å². The molecule has 6 nitrogen and oxygen atoms in total. The minimum atomic E-state index is 0.534. The van der Waals surface area contributed by atoms with Crippen LogP contribution in [0, 0.1) is 0 Å². The van der Waals surface area contributed by atoms with E-state index in [1.54, 1.807) is 0 Å². The normalized spacial score (nSPS) is 11.6. The van der Waals surface area contributed by atoms with E-state index in [1.165, 1.54) is 0 Å². The summed E-state index contributed by atoms with van der Waals surface area (Å²) in [5, 5.41) is 2.08. The number of hydrogen-bond acceptors (Lipinski definition) is 6. The third-order valence-electron chi connectivity index (χ3n) is 10.3. The van der Waals surface area contributed by atoms with Gasteiger partial charge in [0.05, 0.1) is 0 Å². The lowest BCUT2D eigenvalue weighted by atomic mass is 9.97. The molecule has 0 saturated carbocycles. The molecule has 0 spiro atoms. The van der Waals surface area contributed by atoms with Gasteiger partial charge in [-0.05, 0) is 125 Å². The van der Waals surface area contributed by atoms with Crippen molar-refractivity contribution in [1.82, 2.24) is 9.97 Å². The number of aromatic nitrogens is 2. The van der Waals surface area contributed by atoms with E-state index in [9.17, 15) is 0 Å². The van der Waals surface area contributed by atoms with Gasteiger partial charge in [0.25, 0.3) is 0 Å². The van der Waals surface area contributed by atoms with Crippen molar-refractivity contribution in [1.29, 1.82) is 0 Å². The molecule has 0 fully saturated rings. The number of hydrogen-bond donors (Lipinski definition) is 0. The van der Waals surface area contributed by atoms with Gasteiger partial charge in [-0.2, -0.15) is 0 Å². The Bertz CT molecular complexity index is 3000. The highest BCUT2D eigenvalue weighted by atomic mass is 16.4. The van der Waals surface area contributed by atoms with Crippen LogP contribution < -0.4 is 4.90 Å². The molecule has 11 aromatic rings. The summed E-state index contributed by atoms with van der Waals surface area (Å²) in [6.07, 6.45) is 0. The molecule has 3 aromatic heterocycles. The van der Waals surface area contributed by atoms with Gasteiger partial charge >= 0.3 is 0 Å². The summed E-state index contributed by atoms with van der Waals surface area (Å²) in [7, 11) is 0. The molecular weight excluding hydrogens is 691 g/mol. The molecule has 6 heteroatoms. The van der Waals surface area contributed by atoms with Gasteiger partial charge in [-0.25, -0.2) is 9.97 Å². The maximum absolute atomic E-state index is 6.38. The fourth-order valence-corrected chi connectivity index (χ4v) is 7.57. The number of nitrogens with zero attached hydrogens (tertiary/aromatic N) is 3. The van der Waals surface area contributed by atoms with Crippen LogP contribution in [-0.2, 0) is 0 Å². The zero-order valence-electron chi connectivity index (χ0n) is 30.0. The second kappa shape index (κ2) is 13.0. The Hall–Kier alpha value is -7.70. The van der Waals surface area contributed by atoms with Gasteiger partial charge in [-0.15, -0.1) is 0 Å². The summed E-state index contributed by atoms with van der Waals surface area (Å²) in [5.41, 5.74) is 13.9. The lowest BCUT2D eigenvalue weighted by Crippen LogP contribution is -2.09. The number of anilines is 3. The number of furan rings is 1. The Morgan fingerprint density at radius 2 is 0.732 bits per heavy atom. The zero-order chi connectivity index (χ0) is 37.0. The topological polar surface area (TPSA) is 68.4 Å². The number of fused-ring (bicyclic) bond motifs is 5. The molecule has 0 aliphatic carbocycles. The Morgan fingerprint density at radius 3 is 1.25 bits per heavy atom. The molecule has 0 aliphatic heterocycles. The fraction of sp³-hybridized carbons (Fsp3) is 0. The summed E-state index contributed by atoms with van der Waals surface area (Å²) < 4.78 is 18.9. The van der Waals surface area contributed by atoms with Crippen molar-refractivity contribution in [2.24, 2.45) is 0 Å². The van der Waals surface area contributed by atoms with Crippen LogP contribution in [0.15, 0.2) is 201 Å². The first-order chi connectivity index (χ1) is 27.7. The smallest absolute Gasteiger partial charge is 0.227 e. The van der Waals surface area contributed by atoms with Gasteiger partial charge < -0.3 is 18.2 Å². The van der Waals surface area contributed by atoms with Gasteiger partial charge in [0.1, 0.15) is 22.2 Å². The number of rotatable bonds is 7. The van der Waals surface area contributed by atoms with Crippen molar-refractivity contribution in [2.75, 3.05) is 4.90 Å². The van der Waals surface area contributed by atoms with E-state index in [-0.39, 0.29) is 0 Å². The molecule has 56 heavy (non-hydrogen) atoms. The fourth-order valence-electron chi connectivity index (χ4n) is 7.57. The second-order valence-electron chi connectivity index (χ2n) is 13.8. The van der Waals surface area contributed by atoms with Crippen LogP contribution in [-0.4, -0.2) is 9.97 Å². The van der Waals surface area contributed by atoms with Gasteiger partial charge in [-0.3, -0.25) is 0 Å². The molecule has 0 amide bonds. The first-order valence-corrected chi connectivity index (χ1v) is 18.5. The number of benzene rings is 8. The highest BCUT2D eigenvalue weighted by Gasteiger charge is 2.18. The van der Waals surface area contributed by atoms with Crippen LogP contribution in [0.2, 0.25) is 0 Å². The maximum Gasteiger partial charge on any atom is 0.227 e. The summed E-state index contributed by atoms with van der Waals surface area (Å²) in [4.78, 5) is 11.9. The van der Waals surface area contributed by atoms with Gasteiger partial charge in [0, 0.05) is 39.0 Å². The summed E-state index contributed by atoms with van der Waals surface area (Å²) in [5.74, 6) is 1.07. The standard InChI is InChI=1S/C50H31N3O3/c1-3-11-38(12-4-1)53(39-13-5-2-6-14-39)40-23-19-32(20-24-40)33-21-25-45-41(30-33)42-31-34(22-26-46(42)54-45)35-27-36(49-51-43-15-7-9-17-47(43)55-49)29-37(28-35)50-52-44-16-8-10-18-48(44)56-50/h1-31H. The molecule has 0 unspecified atom stereocenters. The van der Waals surface area contributed by atoms with Crippen molar-refractivity contribution in [3.8, 4) is 45.2 Å². The Kier molecular flexibility index (Phi) is 7.38. The molecule has 8 aromatic carbocycles. The molecule has 0 N–H and O–H groups in total. The van der Waals surface area contributed by atoms with E-state index in [1.807, 2.05) is 72.8 Å². The summed E-state index contributed by atoms with van der Waals surface area (Å²) in [6, 6.07) is 64.3. The molecule has 0 saturated heterocycles. The van der Waals surface area contributed by atoms with Gasteiger partial charge in [0.15, 0.2) is 11.2 Å². The highest BCUT2D eigenvalue weighted by molar-refractivity contribution is 6.08. The molecule has 0 aliphatic rings. The second-order valence-corrected chi connectivity index (χ2v) is 13.8. The Balaban J connectivity index is 0.997. The van der Waals surface area contributed by atoms with E-state index in [2.05, 4.69) is 120 Å². The third kappa shape index (κ3) is 5.60. The third-order valence-corrected chi connectivity index (χ3v) is 10.3. The van der Waals surface area contributed by atoms with E-state index in [0.29, 0.717) is 11.8 Å². The van der Waals surface area contributed by atoms with Gasteiger partial charge in [0.2, 0.25) is 11.8 Å². The van der Waals surface area contributed by atoms with Crippen LogP contribution in [0.5, 0.6) is 0 Å². The highest BCUT2D eigenvalue weighted by Crippen LogP contribution is 2.40. The van der Waals surface area contributed by atoms with Crippen molar-refractivity contribution in [3.05, 3.63) is 188 Å². The first-order valence-electron chi connectivity index (χ1n) is 18.5. The number of para-hydroxylation sites is 6. The minimum absolute atomic E-state index is 0.534. The average molecular weight is 722 g/mol. The van der Waals surface area contributed by atoms with Crippen molar-refractivity contribution in [3.63, 3.8) is 0 Å². The molecular formula is C50H31N3O3. The lowest BCUT2D eigenvalue weighted by molar-refractivity contribution is 0.617.